The van der Waals surface area contributed by atoms with Crippen molar-refractivity contribution >= 4 is 12.4 Å². The van der Waals surface area contributed by atoms with Crippen LogP contribution in [0.3, 0.4) is 0 Å². The quantitative estimate of drug-likeness (QED) is 0.887. The highest BCUT2D eigenvalue weighted by Crippen LogP contribution is 2.27. The first-order valence-electron chi connectivity index (χ1n) is 6.45. The van der Waals surface area contributed by atoms with Crippen LogP contribution in [0, 0.1) is 13.8 Å². The zero-order valence-corrected chi connectivity index (χ0v) is 13.0. The Morgan fingerprint density at radius 1 is 1.00 bits per heavy atom. The number of rotatable bonds is 3. The van der Waals surface area contributed by atoms with E-state index >= 15 is 0 Å². The van der Waals surface area contributed by atoms with Crippen molar-refractivity contribution in [3.63, 3.8) is 0 Å². The molecule has 0 radical (unpaired) electrons. The average molecular weight is 332 g/mol. The molecule has 0 saturated carbocycles. The van der Waals surface area contributed by atoms with Gasteiger partial charge in [0.15, 0.2) is 0 Å². The summed E-state index contributed by atoms with van der Waals surface area (Å²) < 4.78 is 40.2. The van der Waals surface area contributed by atoms with E-state index in [9.17, 15) is 13.2 Å². The Hall–Kier alpha value is -1.72. The van der Waals surface area contributed by atoms with Crippen molar-refractivity contribution in [3.05, 3.63) is 64.7 Å². The molecule has 2 nitrogen and oxygen atoms in total. The Kier molecular flexibility index (Phi) is 5.85. The van der Waals surface area contributed by atoms with Gasteiger partial charge in [0.1, 0.15) is 5.75 Å². The Bertz CT molecular complexity index is 626. The van der Waals surface area contributed by atoms with Crippen molar-refractivity contribution in [1.82, 2.24) is 0 Å². The molecule has 6 heteroatoms. The van der Waals surface area contributed by atoms with E-state index < -0.39 is 6.36 Å². The van der Waals surface area contributed by atoms with Crippen LogP contribution < -0.4 is 10.5 Å². The molecule has 0 fully saturated rings. The molecule has 0 bridgehead atoms. The van der Waals surface area contributed by atoms with Crippen LogP contribution in [0.2, 0.25) is 0 Å². The summed E-state index contributed by atoms with van der Waals surface area (Å²) in [6.45, 7) is 3.92. The maximum absolute atomic E-state index is 12.1. The topological polar surface area (TPSA) is 35.2 Å². The molecule has 0 unspecified atom stereocenters. The average Bonchev–Trinajstić information content (AvgIpc) is 2.40. The van der Waals surface area contributed by atoms with Crippen molar-refractivity contribution in [2.45, 2.75) is 26.3 Å². The van der Waals surface area contributed by atoms with Gasteiger partial charge in [-0.05, 0) is 42.7 Å². The maximum Gasteiger partial charge on any atom is 0.573 e. The normalized spacial score (nSPS) is 12.5. The summed E-state index contributed by atoms with van der Waals surface area (Å²) in [6.07, 6.45) is -4.68. The number of nitrogens with two attached hydrogens (primary N) is 1. The third kappa shape index (κ3) is 4.64. The molecule has 0 aliphatic rings. The molecule has 2 N–H and O–H groups in total. The van der Waals surface area contributed by atoms with Gasteiger partial charge in [-0.1, -0.05) is 35.9 Å². The Morgan fingerprint density at radius 3 is 2.14 bits per heavy atom. The van der Waals surface area contributed by atoms with Gasteiger partial charge in [0.2, 0.25) is 0 Å². The zero-order chi connectivity index (χ0) is 15.6. The number of benzene rings is 2. The Balaban J connectivity index is 0.00000242. The second-order valence-electron chi connectivity index (χ2n) is 4.95. The lowest BCUT2D eigenvalue weighted by atomic mass is 9.94. The molecule has 0 aliphatic heterocycles. The summed E-state index contributed by atoms with van der Waals surface area (Å²) in [4.78, 5) is 0. The molecule has 0 saturated heterocycles. The lowest BCUT2D eigenvalue weighted by Gasteiger charge is -2.17. The first kappa shape index (κ1) is 18.3. The fraction of sp³-hybridized carbons (Fsp3) is 0.250. The van der Waals surface area contributed by atoms with Crippen molar-refractivity contribution in [1.29, 1.82) is 0 Å². The lowest BCUT2D eigenvalue weighted by molar-refractivity contribution is -0.274. The first-order valence-corrected chi connectivity index (χ1v) is 6.45. The fourth-order valence-electron chi connectivity index (χ4n) is 2.15. The minimum atomic E-state index is -4.68. The second-order valence-corrected chi connectivity index (χ2v) is 4.95. The predicted octanol–water partition coefficient (Wildman–Crippen LogP) is 4.67. The minimum absolute atomic E-state index is 0. The molecule has 0 amide bonds. The van der Waals surface area contributed by atoms with E-state index in [1.165, 1.54) is 12.1 Å². The maximum atomic E-state index is 12.1. The lowest BCUT2D eigenvalue weighted by Crippen LogP contribution is -2.17. The molecule has 0 aliphatic carbocycles. The number of aryl methyl sites for hydroxylation is 2. The first-order chi connectivity index (χ1) is 9.76. The van der Waals surface area contributed by atoms with Crippen LogP contribution in [-0.2, 0) is 0 Å². The van der Waals surface area contributed by atoms with Crippen LogP contribution in [0.25, 0.3) is 0 Å². The van der Waals surface area contributed by atoms with Crippen molar-refractivity contribution in [2.24, 2.45) is 5.73 Å². The van der Waals surface area contributed by atoms with E-state index in [4.69, 9.17) is 5.73 Å². The molecule has 2 aromatic carbocycles. The molecular formula is C16H17ClF3NO. The van der Waals surface area contributed by atoms with Gasteiger partial charge < -0.3 is 10.5 Å². The van der Waals surface area contributed by atoms with E-state index in [1.807, 2.05) is 32.0 Å². The SMILES string of the molecule is Cc1ccc(C)c([C@@H](N)c2ccc(OC(F)(F)F)cc2)c1.Cl. The van der Waals surface area contributed by atoms with Crippen LogP contribution in [-0.4, -0.2) is 6.36 Å². The van der Waals surface area contributed by atoms with E-state index in [2.05, 4.69) is 4.74 Å². The molecule has 0 aromatic heterocycles. The second kappa shape index (κ2) is 7.03. The summed E-state index contributed by atoms with van der Waals surface area (Å²) in [5, 5.41) is 0. The van der Waals surface area contributed by atoms with E-state index in [0.29, 0.717) is 0 Å². The summed E-state index contributed by atoms with van der Waals surface area (Å²) in [6, 6.07) is 11.2. The van der Waals surface area contributed by atoms with Gasteiger partial charge >= 0.3 is 6.36 Å². The molecule has 22 heavy (non-hydrogen) atoms. The third-order valence-corrected chi connectivity index (χ3v) is 3.24. The van der Waals surface area contributed by atoms with Crippen LogP contribution in [0.4, 0.5) is 13.2 Å². The summed E-state index contributed by atoms with van der Waals surface area (Å²) in [5.74, 6) is -0.251. The molecule has 2 aromatic rings. The minimum Gasteiger partial charge on any atom is -0.406 e. The van der Waals surface area contributed by atoms with Crippen LogP contribution in [0.1, 0.15) is 28.3 Å². The molecular weight excluding hydrogens is 315 g/mol. The Labute approximate surface area is 133 Å². The number of hydrogen-bond acceptors (Lipinski definition) is 2. The van der Waals surface area contributed by atoms with Crippen molar-refractivity contribution in [3.8, 4) is 5.75 Å². The van der Waals surface area contributed by atoms with Crippen molar-refractivity contribution < 1.29 is 17.9 Å². The van der Waals surface area contributed by atoms with E-state index in [0.717, 1.165) is 22.3 Å². The molecule has 0 spiro atoms. The van der Waals surface area contributed by atoms with Gasteiger partial charge in [0, 0.05) is 0 Å². The highest BCUT2D eigenvalue weighted by Gasteiger charge is 2.31. The predicted molar refractivity (Wildman–Crippen MR) is 82.3 cm³/mol. The van der Waals surface area contributed by atoms with Crippen LogP contribution in [0.15, 0.2) is 42.5 Å². The number of halogens is 4. The number of hydrogen-bond donors (Lipinski definition) is 1. The highest BCUT2D eigenvalue weighted by molar-refractivity contribution is 5.85. The van der Waals surface area contributed by atoms with Gasteiger partial charge in [-0.2, -0.15) is 0 Å². The number of ether oxygens (including phenoxy) is 1. The monoisotopic (exact) mass is 331 g/mol. The van der Waals surface area contributed by atoms with Gasteiger partial charge in [-0.15, -0.1) is 25.6 Å². The third-order valence-electron chi connectivity index (χ3n) is 3.24. The summed E-state index contributed by atoms with van der Waals surface area (Å²) >= 11 is 0. The van der Waals surface area contributed by atoms with Gasteiger partial charge in [-0.3, -0.25) is 0 Å². The van der Waals surface area contributed by atoms with Crippen LogP contribution >= 0.6 is 12.4 Å². The molecule has 1 atom stereocenters. The van der Waals surface area contributed by atoms with E-state index in [1.54, 1.807) is 12.1 Å². The van der Waals surface area contributed by atoms with Gasteiger partial charge in [0.25, 0.3) is 0 Å². The standard InChI is InChI=1S/C16H16F3NO.ClH/c1-10-3-4-11(2)14(9-10)15(20)12-5-7-13(8-6-12)21-16(17,18)19;/h3-9,15H,20H2,1-2H3;1H/t15-;/m0./s1. The fourth-order valence-corrected chi connectivity index (χ4v) is 2.15. The summed E-state index contributed by atoms with van der Waals surface area (Å²) in [7, 11) is 0. The Morgan fingerprint density at radius 2 is 1.59 bits per heavy atom. The van der Waals surface area contributed by atoms with Gasteiger partial charge in [-0.25, -0.2) is 0 Å². The smallest absolute Gasteiger partial charge is 0.406 e. The molecule has 120 valence electrons. The molecule has 0 heterocycles. The van der Waals surface area contributed by atoms with E-state index in [-0.39, 0.29) is 24.2 Å². The van der Waals surface area contributed by atoms with Crippen LogP contribution in [0.5, 0.6) is 5.75 Å². The number of alkyl halides is 3. The summed E-state index contributed by atoms with van der Waals surface area (Å²) in [5.41, 5.74) is 10.0. The molecule has 2 rings (SSSR count). The highest BCUT2D eigenvalue weighted by atomic mass is 35.5. The largest absolute Gasteiger partial charge is 0.573 e. The van der Waals surface area contributed by atoms with Crippen molar-refractivity contribution in [2.75, 3.05) is 0 Å². The zero-order valence-electron chi connectivity index (χ0n) is 12.1. The van der Waals surface area contributed by atoms with Gasteiger partial charge in [0.05, 0.1) is 6.04 Å².